The van der Waals surface area contributed by atoms with Gasteiger partial charge >= 0.3 is 0 Å². The van der Waals surface area contributed by atoms with Gasteiger partial charge < -0.3 is 35.4 Å². The van der Waals surface area contributed by atoms with Gasteiger partial charge in [-0.1, -0.05) is 182 Å². The molecule has 4 N–H and O–H groups in total. The molecule has 0 aromatic heterocycles. The van der Waals surface area contributed by atoms with Gasteiger partial charge in [-0.05, 0) is 33.4 Å². The number of hydrogen-bond donors (Lipinski definition) is 3. The number of primary amides is 1. The second-order valence-corrected chi connectivity index (χ2v) is 14.3. The first kappa shape index (κ1) is 43.2. The Labute approximate surface area is 352 Å². The highest BCUT2D eigenvalue weighted by molar-refractivity contribution is 5.88. The first-order valence-electron chi connectivity index (χ1n) is 20.1. The van der Waals surface area contributed by atoms with Crippen molar-refractivity contribution >= 4 is 17.7 Å². The third kappa shape index (κ3) is 10.4. The lowest BCUT2D eigenvalue weighted by atomic mass is 9.80. The van der Waals surface area contributed by atoms with Gasteiger partial charge in [0.1, 0.15) is 11.2 Å². The molecule has 0 spiro atoms. The molecule has 0 radical (unpaired) electrons. The average molecular weight is 805 g/mol. The highest BCUT2D eigenvalue weighted by atomic mass is 16.5. The third-order valence-corrected chi connectivity index (χ3v) is 10.4. The molecule has 308 valence electrons. The fourth-order valence-corrected chi connectivity index (χ4v) is 7.58. The molecule has 10 nitrogen and oxygen atoms in total. The molecule has 0 aliphatic rings. The van der Waals surface area contributed by atoms with E-state index in [1.54, 1.807) is 0 Å². The second kappa shape index (κ2) is 21.5. The van der Waals surface area contributed by atoms with Crippen LogP contribution in [0.5, 0.6) is 0 Å². The van der Waals surface area contributed by atoms with Crippen LogP contribution in [0.1, 0.15) is 33.4 Å². The summed E-state index contributed by atoms with van der Waals surface area (Å²) in [5.41, 5.74) is 8.97. The molecule has 0 atom stereocenters. The standard InChI is InChI=1S/C50H52N4O6/c51-46(56)38-53(32-35-59-49(40-19-7-1-8-20-40,41-21-9-2-10-22-41)42-23-11-3-12-24-42)48(58)39-54(47(57)37-52-31-34-55)33-36-60-50(43-25-13-4-14-26-43,44-27-15-5-16-28-44)45-29-17-6-18-30-45/h1-30,52,55H,31-39H2,(H2,51,56). The predicted octanol–water partition coefficient (Wildman–Crippen LogP) is 5.73. The number of nitrogens with one attached hydrogen (secondary N) is 1. The molecule has 60 heavy (non-hydrogen) atoms. The number of nitrogens with two attached hydrogens (primary N) is 1. The van der Waals surface area contributed by atoms with Crippen molar-refractivity contribution in [2.45, 2.75) is 11.2 Å². The van der Waals surface area contributed by atoms with Crippen LogP contribution in [-0.4, -0.2) is 91.7 Å². The number of hydrogen-bond acceptors (Lipinski definition) is 7. The monoisotopic (exact) mass is 804 g/mol. The van der Waals surface area contributed by atoms with Gasteiger partial charge in [-0.25, -0.2) is 0 Å². The summed E-state index contributed by atoms with van der Waals surface area (Å²) in [4.78, 5) is 43.3. The highest BCUT2D eigenvalue weighted by Gasteiger charge is 2.39. The second-order valence-electron chi connectivity index (χ2n) is 14.3. The van der Waals surface area contributed by atoms with E-state index in [2.05, 4.69) is 5.32 Å². The van der Waals surface area contributed by atoms with E-state index < -0.39 is 23.0 Å². The SMILES string of the molecule is NC(=O)CN(CCOC(c1ccccc1)(c1ccccc1)c1ccccc1)C(=O)CN(CCOC(c1ccccc1)(c1ccccc1)c1ccccc1)C(=O)CNCCO. The Morgan fingerprint density at radius 2 is 0.783 bits per heavy atom. The number of amides is 3. The van der Waals surface area contributed by atoms with Gasteiger partial charge in [-0.3, -0.25) is 14.4 Å². The molecule has 0 bridgehead atoms. The lowest BCUT2D eigenvalue weighted by Crippen LogP contribution is -2.50. The van der Waals surface area contributed by atoms with E-state index in [1.807, 2.05) is 182 Å². The van der Waals surface area contributed by atoms with Crippen LogP contribution in [0.2, 0.25) is 0 Å². The molecule has 0 aliphatic heterocycles. The quantitative estimate of drug-likeness (QED) is 0.0590. The minimum Gasteiger partial charge on any atom is -0.395 e. The van der Waals surface area contributed by atoms with Crippen LogP contribution in [0.25, 0.3) is 0 Å². The number of ether oxygens (including phenoxy) is 2. The number of rotatable bonds is 22. The Kier molecular flexibility index (Phi) is 15.5. The van der Waals surface area contributed by atoms with Gasteiger partial charge in [0.05, 0.1) is 39.5 Å². The molecule has 0 aliphatic carbocycles. The maximum absolute atomic E-state index is 14.3. The Hall–Kier alpha value is -6.43. The van der Waals surface area contributed by atoms with Gasteiger partial charge in [-0.2, -0.15) is 0 Å². The fourth-order valence-electron chi connectivity index (χ4n) is 7.58. The van der Waals surface area contributed by atoms with Gasteiger partial charge in [0.15, 0.2) is 0 Å². The van der Waals surface area contributed by atoms with Crippen molar-refractivity contribution in [1.29, 1.82) is 0 Å². The fraction of sp³-hybridized carbons (Fsp3) is 0.220. The average Bonchev–Trinajstić information content (AvgIpc) is 3.30. The van der Waals surface area contributed by atoms with Crippen molar-refractivity contribution in [3.05, 3.63) is 215 Å². The first-order valence-corrected chi connectivity index (χ1v) is 20.1. The van der Waals surface area contributed by atoms with Crippen LogP contribution in [0.3, 0.4) is 0 Å². The number of carbonyl (C=O) groups is 3. The highest BCUT2D eigenvalue weighted by Crippen LogP contribution is 2.41. The molecule has 6 aromatic rings. The minimum absolute atomic E-state index is 0.0104. The molecule has 0 heterocycles. The Morgan fingerprint density at radius 1 is 0.483 bits per heavy atom. The Balaban J connectivity index is 1.26. The Bertz CT molecular complexity index is 2020. The summed E-state index contributed by atoms with van der Waals surface area (Å²) in [5, 5.41) is 12.3. The number of carbonyl (C=O) groups excluding carboxylic acids is 3. The van der Waals surface area contributed by atoms with Gasteiger partial charge in [-0.15, -0.1) is 0 Å². The van der Waals surface area contributed by atoms with Crippen LogP contribution in [-0.2, 0) is 35.1 Å². The first-order chi connectivity index (χ1) is 29.4. The molecule has 0 saturated heterocycles. The Morgan fingerprint density at radius 3 is 1.07 bits per heavy atom. The molecular weight excluding hydrogens is 753 g/mol. The molecular formula is C50H52N4O6. The number of nitrogens with zero attached hydrogens (tertiary/aromatic N) is 2. The molecule has 0 unspecified atom stereocenters. The lowest BCUT2D eigenvalue weighted by Gasteiger charge is -2.37. The van der Waals surface area contributed by atoms with Gasteiger partial charge in [0.2, 0.25) is 17.7 Å². The lowest BCUT2D eigenvalue weighted by molar-refractivity contribution is -0.143. The maximum Gasteiger partial charge on any atom is 0.242 e. The third-order valence-electron chi connectivity index (χ3n) is 10.4. The molecule has 0 saturated carbocycles. The summed E-state index contributed by atoms with van der Waals surface area (Å²) in [5.74, 6) is -1.57. The number of aliphatic hydroxyl groups is 1. The smallest absolute Gasteiger partial charge is 0.242 e. The maximum atomic E-state index is 14.3. The number of aliphatic hydroxyl groups excluding tert-OH is 1. The van der Waals surface area contributed by atoms with Crippen LogP contribution in [0.15, 0.2) is 182 Å². The van der Waals surface area contributed by atoms with Crippen molar-refractivity contribution in [3.63, 3.8) is 0 Å². The molecule has 6 rings (SSSR count). The van der Waals surface area contributed by atoms with Crippen LogP contribution < -0.4 is 11.1 Å². The van der Waals surface area contributed by atoms with Gasteiger partial charge in [0, 0.05) is 19.6 Å². The number of benzene rings is 6. The van der Waals surface area contributed by atoms with E-state index >= 15 is 0 Å². The van der Waals surface area contributed by atoms with Crippen molar-refractivity contribution in [1.82, 2.24) is 15.1 Å². The summed E-state index contributed by atoms with van der Waals surface area (Å²) >= 11 is 0. The topological polar surface area (TPSA) is 134 Å². The predicted molar refractivity (Wildman–Crippen MR) is 233 cm³/mol. The van der Waals surface area contributed by atoms with Crippen LogP contribution in [0, 0.1) is 0 Å². The van der Waals surface area contributed by atoms with E-state index in [1.165, 1.54) is 9.80 Å². The van der Waals surface area contributed by atoms with Crippen molar-refractivity contribution in [3.8, 4) is 0 Å². The summed E-state index contributed by atoms with van der Waals surface area (Å²) < 4.78 is 13.9. The largest absolute Gasteiger partial charge is 0.395 e. The van der Waals surface area contributed by atoms with E-state index in [-0.39, 0.29) is 65.0 Å². The van der Waals surface area contributed by atoms with Crippen molar-refractivity contribution < 1.29 is 29.0 Å². The molecule has 3 amide bonds. The zero-order valence-electron chi connectivity index (χ0n) is 33.6. The van der Waals surface area contributed by atoms with Crippen LogP contribution in [0.4, 0.5) is 0 Å². The zero-order chi connectivity index (χ0) is 42.0. The van der Waals surface area contributed by atoms with Gasteiger partial charge in [0.25, 0.3) is 0 Å². The summed E-state index contributed by atoms with van der Waals surface area (Å²) in [6.07, 6.45) is 0. The molecule has 0 fully saturated rings. The summed E-state index contributed by atoms with van der Waals surface area (Å²) in [7, 11) is 0. The van der Waals surface area contributed by atoms with E-state index in [9.17, 15) is 19.5 Å². The molecule has 6 aromatic carbocycles. The summed E-state index contributed by atoms with van der Waals surface area (Å²) in [6, 6.07) is 59.3. The van der Waals surface area contributed by atoms with Crippen LogP contribution >= 0.6 is 0 Å². The van der Waals surface area contributed by atoms with E-state index in [0.717, 1.165) is 33.4 Å². The summed E-state index contributed by atoms with van der Waals surface area (Å²) in [6.45, 7) is -0.695. The molecule has 10 heteroatoms. The van der Waals surface area contributed by atoms with Crippen molar-refractivity contribution in [2.75, 3.05) is 59.1 Å². The van der Waals surface area contributed by atoms with E-state index in [4.69, 9.17) is 15.2 Å². The van der Waals surface area contributed by atoms with Crippen molar-refractivity contribution in [2.24, 2.45) is 5.73 Å². The van der Waals surface area contributed by atoms with E-state index in [0.29, 0.717) is 0 Å². The minimum atomic E-state index is -1.05. The zero-order valence-corrected chi connectivity index (χ0v) is 33.6. The normalized spacial score (nSPS) is 11.5.